The molecule has 2 aromatic carbocycles. The van der Waals surface area contributed by atoms with Crippen molar-refractivity contribution in [3.8, 4) is 5.75 Å². The molecule has 2 rings (SSSR count). The number of rotatable bonds is 6. The van der Waals surface area contributed by atoms with Crippen LogP contribution in [0.15, 0.2) is 53.4 Å². The minimum absolute atomic E-state index is 0.00752. The van der Waals surface area contributed by atoms with E-state index in [1.807, 2.05) is 13.8 Å². The van der Waals surface area contributed by atoms with Crippen molar-refractivity contribution in [1.29, 1.82) is 0 Å². The Hall–Kier alpha value is -2.54. The van der Waals surface area contributed by atoms with Gasteiger partial charge in [-0.15, -0.1) is 0 Å². The van der Waals surface area contributed by atoms with Crippen molar-refractivity contribution in [3.05, 3.63) is 54.1 Å². The number of hydrogen-bond acceptors (Lipinski definition) is 4. The largest absolute Gasteiger partial charge is 0.495 e. The summed E-state index contributed by atoms with van der Waals surface area (Å²) in [6.07, 6.45) is 0. The number of nitrogens with one attached hydrogen (secondary N) is 2. The van der Waals surface area contributed by atoms with Crippen molar-refractivity contribution in [3.63, 3.8) is 0 Å². The number of ether oxygens (including phenoxy) is 1. The van der Waals surface area contributed by atoms with Crippen LogP contribution >= 0.6 is 0 Å². The summed E-state index contributed by atoms with van der Waals surface area (Å²) in [6, 6.07) is 12.5. The highest BCUT2D eigenvalue weighted by Gasteiger charge is 2.17. The molecule has 0 aromatic heterocycles. The molecule has 0 unspecified atom stereocenters. The van der Waals surface area contributed by atoms with Gasteiger partial charge in [-0.2, -0.15) is 0 Å². The van der Waals surface area contributed by atoms with Gasteiger partial charge < -0.3 is 10.1 Å². The van der Waals surface area contributed by atoms with Crippen LogP contribution in [0.4, 0.5) is 5.69 Å². The van der Waals surface area contributed by atoms with Gasteiger partial charge in [-0.1, -0.05) is 12.1 Å². The summed E-state index contributed by atoms with van der Waals surface area (Å²) in [6.45, 7) is 3.71. The van der Waals surface area contributed by atoms with E-state index in [4.69, 9.17) is 4.74 Å². The first-order chi connectivity index (χ1) is 11.3. The number of sulfonamides is 1. The summed E-state index contributed by atoms with van der Waals surface area (Å²) in [5.41, 5.74) is 0.751. The molecule has 0 saturated carbocycles. The van der Waals surface area contributed by atoms with E-state index in [1.54, 1.807) is 24.3 Å². The molecule has 0 aliphatic rings. The number of carbonyl (C=O) groups excluding carboxylic acids is 1. The highest BCUT2D eigenvalue weighted by Crippen LogP contribution is 2.26. The van der Waals surface area contributed by atoms with E-state index in [0.717, 1.165) is 0 Å². The highest BCUT2D eigenvalue weighted by molar-refractivity contribution is 7.92. The van der Waals surface area contributed by atoms with Gasteiger partial charge in [0.15, 0.2) is 0 Å². The van der Waals surface area contributed by atoms with E-state index in [9.17, 15) is 13.2 Å². The standard InChI is InChI=1S/C17H20N2O4S/c1-12(2)18-17(20)13-8-10-14(11-9-13)24(21,22)19-15-6-4-5-7-16(15)23-3/h4-12,19H,1-3H3,(H,18,20). The first kappa shape index (κ1) is 17.8. The van der Waals surface area contributed by atoms with Crippen LogP contribution in [-0.4, -0.2) is 27.5 Å². The van der Waals surface area contributed by atoms with Crippen LogP contribution in [0.2, 0.25) is 0 Å². The average molecular weight is 348 g/mol. The summed E-state index contributed by atoms with van der Waals surface area (Å²) in [5.74, 6) is 0.181. The van der Waals surface area contributed by atoms with Crippen LogP contribution in [0.5, 0.6) is 5.75 Å². The van der Waals surface area contributed by atoms with Gasteiger partial charge in [0.25, 0.3) is 15.9 Å². The normalized spacial score (nSPS) is 11.2. The second kappa shape index (κ2) is 7.35. The van der Waals surface area contributed by atoms with Crippen molar-refractivity contribution >= 4 is 21.6 Å². The van der Waals surface area contributed by atoms with E-state index < -0.39 is 10.0 Å². The predicted molar refractivity (Wildman–Crippen MR) is 92.8 cm³/mol. The first-order valence-electron chi connectivity index (χ1n) is 7.40. The number of amides is 1. The maximum Gasteiger partial charge on any atom is 0.262 e. The van der Waals surface area contributed by atoms with Gasteiger partial charge in [-0.25, -0.2) is 8.42 Å². The van der Waals surface area contributed by atoms with Gasteiger partial charge in [0.2, 0.25) is 0 Å². The fraction of sp³-hybridized carbons (Fsp3) is 0.235. The number of hydrogen-bond donors (Lipinski definition) is 2. The van der Waals surface area contributed by atoms with Crippen LogP contribution in [0.3, 0.4) is 0 Å². The third-order valence-electron chi connectivity index (χ3n) is 3.20. The third-order valence-corrected chi connectivity index (χ3v) is 4.58. The van der Waals surface area contributed by atoms with Crippen LogP contribution in [0, 0.1) is 0 Å². The number of carbonyl (C=O) groups is 1. The fourth-order valence-electron chi connectivity index (χ4n) is 2.06. The van der Waals surface area contributed by atoms with Gasteiger partial charge >= 0.3 is 0 Å². The van der Waals surface area contributed by atoms with Crippen LogP contribution in [0.25, 0.3) is 0 Å². The Bertz CT molecular complexity index is 815. The highest BCUT2D eigenvalue weighted by atomic mass is 32.2. The fourth-order valence-corrected chi connectivity index (χ4v) is 3.13. The Morgan fingerprint density at radius 3 is 2.25 bits per heavy atom. The molecule has 0 radical (unpaired) electrons. The van der Waals surface area contributed by atoms with Crippen molar-refractivity contribution in [2.75, 3.05) is 11.8 Å². The molecule has 0 atom stereocenters. The van der Waals surface area contributed by atoms with Gasteiger partial charge in [-0.3, -0.25) is 9.52 Å². The SMILES string of the molecule is COc1ccccc1NS(=O)(=O)c1ccc(C(=O)NC(C)C)cc1. The molecule has 1 amide bonds. The Morgan fingerprint density at radius 2 is 1.67 bits per heavy atom. The quantitative estimate of drug-likeness (QED) is 0.840. The summed E-state index contributed by atoms with van der Waals surface area (Å²) in [4.78, 5) is 12.0. The molecule has 0 bridgehead atoms. The van der Waals surface area contributed by atoms with Gasteiger partial charge in [0.1, 0.15) is 5.75 Å². The smallest absolute Gasteiger partial charge is 0.262 e. The van der Waals surface area contributed by atoms with Crippen LogP contribution in [-0.2, 0) is 10.0 Å². The molecule has 0 fully saturated rings. The van der Waals surface area contributed by atoms with Gasteiger partial charge in [0.05, 0.1) is 17.7 Å². The lowest BCUT2D eigenvalue weighted by atomic mass is 10.2. The second-order valence-electron chi connectivity index (χ2n) is 5.46. The average Bonchev–Trinajstić information content (AvgIpc) is 2.54. The minimum Gasteiger partial charge on any atom is -0.495 e. The molecule has 24 heavy (non-hydrogen) atoms. The van der Waals surface area contributed by atoms with E-state index in [2.05, 4.69) is 10.0 Å². The monoisotopic (exact) mass is 348 g/mol. The van der Waals surface area contributed by atoms with E-state index in [-0.39, 0.29) is 16.8 Å². The van der Waals surface area contributed by atoms with E-state index in [0.29, 0.717) is 17.0 Å². The molecule has 0 spiro atoms. The minimum atomic E-state index is -3.77. The lowest BCUT2D eigenvalue weighted by molar-refractivity contribution is 0.0943. The number of methoxy groups -OCH3 is 1. The number of anilines is 1. The Morgan fingerprint density at radius 1 is 1.04 bits per heavy atom. The first-order valence-corrected chi connectivity index (χ1v) is 8.88. The molecule has 128 valence electrons. The zero-order valence-corrected chi connectivity index (χ0v) is 14.6. The molecule has 2 aromatic rings. The maximum absolute atomic E-state index is 12.5. The van der Waals surface area contributed by atoms with Gasteiger partial charge in [-0.05, 0) is 50.2 Å². The van der Waals surface area contributed by atoms with Crippen molar-refractivity contribution in [2.45, 2.75) is 24.8 Å². The van der Waals surface area contributed by atoms with Crippen molar-refractivity contribution in [2.24, 2.45) is 0 Å². The van der Waals surface area contributed by atoms with Crippen molar-refractivity contribution in [1.82, 2.24) is 5.32 Å². The number of para-hydroxylation sites is 2. The molecule has 2 N–H and O–H groups in total. The topological polar surface area (TPSA) is 84.5 Å². The van der Waals surface area contributed by atoms with Gasteiger partial charge in [0, 0.05) is 11.6 Å². The van der Waals surface area contributed by atoms with Crippen molar-refractivity contribution < 1.29 is 17.9 Å². The zero-order valence-electron chi connectivity index (χ0n) is 13.7. The summed E-state index contributed by atoms with van der Waals surface area (Å²) in [5, 5.41) is 2.75. The molecule has 0 aliphatic heterocycles. The number of benzene rings is 2. The summed E-state index contributed by atoms with van der Waals surface area (Å²) in [7, 11) is -2.31. The summed E-state index contributed by atoms with van der Waals surface area (Å²) >= 11 is 0. The molecule has 6 nitrogen and oxygen atoms in total. The molecule has 0 aliphatic carbocycles. The molecular formula is C17H20N2O4S. The second-order valence-corrected chi connectivity index (χ2v) is 7.14. The third kappa shape index (κ3) is 4.26. The lowest BCUT2D eigenvalue weighted by Crippen LogP contribution is -2.30. The van der Waals surface area contributed by atoms with E-state index in [1.165, 1.54) is 31.4 Å². The Kier molecular flexibility index (Phi) is 5.46. The molecular weight excluding hydrogens is 328 g/mol. The predicted octanol–water partition coefficient (Wildman–Crippen LogP) is 2.63. The molecule has 0 saturated heterocycles. The molecule has 0 heterocycles. The Balaban J connectivity index is 2.22. The zero-order chi connectivity index (χ0) is 17.7. The van der Waals surface area contributed by atoms with Crippen LogP contribution in [0.1, 0.15) is 24.2 Å². The van der Waals surface area contributed by atoms with E-state index >= 15 is 0 Å². The van der Waals surface area contributed by atoms with Crippen LogP contribution < -0.4 is 14.8 Å². The molecule has 7 heteroatoms. The Labute approximate surface area is 141 Å². The lowest BCUT2D eigenvalue weighted by Gasteiger charge is -2.12. The maximum atomic E-state index is 12.5. The summed E-state index contributed by atoms with van der Waals surface area (Å²) < 4.78 is 32.5.